The van der Waals surface area contributed by atoms with Gasteiger partial charge in [0.2, 0.25) is 0 Å². The number of aliphatic carboxylic acids is 1. The summed E-state index contributed by atoms with van der Waals surface area (Å²) >= 11 is 0. The molecule has 0 aliphatic carbocycles. The second-order valence-electron chi connectivity index (χ2n) is 4.98. The van der Waals surface area contributed by atoms with Gasteiger partial charge in [-0.15, -0.1) is 5.10 Å². The Balaban J connectivity index is 3.16. The van der Waals surface area contributed by atoms with Gasteiger partial charge in [-0.1, -0.05) is 25.9 Å². The number of azide groups is 1. The molecule has 1 N–H and O–H groups in total. The van der Waals surface area contributed by atoms with Crippen LogP contribution in [0.2, 0.25) is 0 Å². The van der Waals surface area contributed by atoms with E-state index in [0.717, 1.165) is 6.42 Å². The molecule has 110 valence electrons. The van der Waals surface area contributed by atoms with Gasteiger partial charge in [0.05, 0.1) is 5.92 Å². The first kappa shape index (κ1) is 15.9. The van der Waals surface area contributed by atoms with Gasteiger partial charge in [-0.2, -0.15) is 0 Å². The highest BCUT2D eigenvalue weighted by Crippen LogP contribution is 2.30. The fraction of sp³-hybridized carbons (Fsp3) is 0.818. The summed E-state index contributed by atoms with van der Waals surface area (Å²) < 4.78 is 1.50. The lowest BCUT2D eigenvalue weighted by Gasteiger charge is -2.20. The van der Waals surface area contributed by atoms with Crippen LogP contribution >= 0.6 is 0 Å². The molecule has 0 spiro atoms. The number of aromatic nitrogens is 4. The summed E-state index contributed by atoms with van der Waals surface area (Å²) in [6, 6.07) is -0.901. The number of aryl methyl sites for hydroxylation is 1. The third-order valence-corrected chi connectivity index (χ3v) is 2.86. The van der Waals surface area contributed by atoms with Gasteiger partial charge in [-0.05, 0) is 34.7 Å². The Hall–Kier alpha value is -2.15. The zero-order valence-electron chi connectivity index (χ0n) is 11.8. The van der Waals surface area contributed by atoms with Crippen LogP contribution in [-0.4, -0.2) is 31.3 Å². The molecular formula is C11H19N7O2. The van der Waals surface area contributed by atoms with E-state index in [1.807, 2.05) is 20.8 Å². The van der Waals surface area contributed by atoms with E-state index in [2.05, 4.69) is 25.6 Å². The zero-order valence-corrected chi connectivity index (χ0v) is 11.8. The van der Waals surface area contributed by atoms with Crippen LogP contribution in [0, 0.1) is 11.8 Å². The SMILES string of the molecule is CCCn1nnnc1[C@@H](N=[N+]=[N-])[C@@H](CC(C)C)C(=O)O. The molecule has 0 unspecified atom stereocenters. The van der Waals surface area contributed by atoms with Crippen LogP contribution < -0.4 is 0 Å². The topological polar surface area (TPSA) is 130 Å². The molecular weight excluding hydrogens is 262 g/mol. The van der Waals surface area contributed by atoms with Crippen molar-refractivity contribution in [3.8, 4) is 0 Å². The molecule has 0 aliphatic rings. The van der Waals surface area contributed by atoms with Gasteiger partial charge in [0, 0.05) is 11.5 Å². The Kier molecular flexibility index (Phi) is 5.92. The molecule has 0 radical (unpaired) electrons. The van der Waals surface area contributed by atoms with Crippen molar-refractivity contribution in [2.45, 2.75) is 46.2 Å². The standard InChI is InChI=1S/C11H19N7O2/c1-4-5-18-10(14-16-17-18)9(13-15-12)8(11(19)20)6-7(2)3/h7-9H,4-6H2,1-3H3,(H,19,20)/t8-,9+/m1/s1. The quantitative estimate of drug-likeness (QED) is 0.443. The van der Waals surface area contributed by atoms with Crippen molar-refractivity contribution in [1.82, 2.24) is 20.2 Å². The second kappa shape index (κ2) is 7.44. The van der Waals surface area contributed by atoms with Gasteiger partial charge < -0.3 is 5.11 Å². The third-order valence-electron chi connectivity index (χ3n) is 2.86. The van der Waals surface area contributed by atoms with E-state index < -0.39 is 17.9 Å². The molecule has 0 amide bonds. The minimum absolute atomic E-state index is 0.156. The summed E-state index contributed by atoms with van der Waals surface area (Å²) in [4.78, 5) is 14.2. The van der Waals surface area contributed by atoms with E-state index in [-0.39, 0.29) is 5.92 Å². The number of hydrogen-bond acceptors (Lipinski definition) is 5. The van der Waals surface area contributed by atoms with Crippen LogP contribution in [0.4, 0.5) is 0 Å². The van der Waals surface area contributed by atoms with E-state index in [0.29, 0.717) is 18.8 Å². The molecule has 0 saturated carbocycles. The van der Waals surface area contributed by atoms with Gasteiger partial charge in [-0.3, -0.25) is 4.79 Å². The molecule has 2 atom stereocenters. The van der Waals surface area contributed by atoms with Gasteiger partial charge in [0.25, 0.3) is 0 Å². The molecule has 1 heterocycles. The third kappa shape index (κ3) is 3.92. The Morgan fingerprint density at radius 2 is 2.25 bits per heavy atom. The van der Waals surface area contributed by atoms with Crippen LogP contribution in [0.25, 0.3) is 10.4 Å². The van der Waals surface area contributed by atoms with Crippen molar-refractivity contribution in [2.75, 3.05) is 0 Å². The van der Waals surface area contributed by atoms with Crippen molar-refractivity contribution in [1.29, 1.82) is 0 Å². The van der Waals surface area contributed by atoms with Gasteiger partial charge in [0.15, 0.2) is 5.82 Å². The van der Waals surface area contributed by atoms with Crippen LogP contribution in [-0.2, 0) is 11.3 Å². The minimum Gasteiger partial charge on any atom is -0.481 e. The lowest BCUT2D eigenvalue weighted by molar-refractivity contribution is -0.143. The molecule has 1 rings (SSSR count). The molecule has 20 heavy (non-hydrogen) atoms. The van der Waals surface area contributed by atoms with Crippen molar-refractivity contribution >= 4 is 5.97 Å². The zero-order chi connectivity index (χ0) is 15.1. The average Bonchev–Trinajstić information content (AvgIpc) is 2.81. The van der Waals surface area contributed by atoms with Crippen LogP contribution in [0.5, 0.6) is 0 Å². The summed E-state index contributed by atoms with van der Waals surface area (Å²) in [5.74, 6) is -1.39. The van der Waals surface area contributed by atoms with Crippen molar-refractivity contribution in [3.05, 3.63) is 16.3 Å². The molecule has 9 heteroatoms. The molecule has 9 nitrogen and oxygen atoms in total. The van der Waals surface area contributed by atoms with Crippen molar-refractivity contribution < 1.29 is 9.90 Å². The molecule has 0 fully saturated rings. The number of carbonyl (C=O) groups is 1. The largest absolute Gasteiger partial charge is 0.481 e. The van der Waals surface area contributed by atoms with E-state index in [9.17, 15) is 9.90 Å². The first-order valence-electron chi connectivity index (χ1n) is 6.54. The minimum atomic E-state index is -1.01. The predicted molar refractivity (Wildman–Crippen MR) is 70.6 cm³/mol. The molecule has 0 aliphatic heterocycles. The lowest BCUT2D eigenvalue weighted by atomic mass is 9.90. The van der Waals surface area contributed by atoms with Crippen molar-refractivity contribution in [2.24, 2.45) is 17.0 Å². The number of rotatable bonds is 8. The maximum absolute atomic E-state index is 11.5. The molecule has 1 aromatic rings. The fourth-order valence-corrected chi connectivity index (χ4v) is 2.03. The Bertz CT molecular complexity index is 493. The number of nitrogens with zero attached hydrogens (tertiary/aromatic N) is 7. The van der Waals surface area contributed by atoms with E-state index >= 15 is 0 Å². The van der Waals surface area contributed by atoms with E-state index in [4.69, 9.17) is 5.53 Å². The number of carboxylic acids is 1. The highest BCUT2D eigenvalue weighted by molar-refractivity contribution is 5.71. The summed E-state index contributed by atoms with van der Waals surface area (Å²) in [5, 5.41) is 24.2. The fourth-order valence-electron chi connectivity index (χ4n) is 2.03. The number of carboxylic acid groups (broad SMARTS) is 1. The number of tetrazole rings is 1. The monoisotopic (exact) mass is 281 g/mol. The first-order valence-corrected chi connectivity index (χ1v) is 6.54. The predicted octanol–water partition coefficient (Wildman–Crippen LogP) is 2.18. The molecule has 0 aromatic carbocycles. The molecule has 1 aromatic heterocycles. The smallest absolute Gasteiger partial charge is 0.307 e. The van der Waals surface area contributed by atoms with Gasteiger partial charge in [-0.25, -0.2) is 4.68 Å². The Morgan fingerprint density at radius 1 is 1.55 bits per heavy atom. The van der Waals surface area contributed by atoms with Crippen LogP contribution in [0.3, 0.4) is 0 Å². The maximum atomic E-state index is 11.5. The van der Waals surface area contributed by atoms with Gasteiger partial charge >= 0.3 is 5.97 Å². The molecule has 0 bridgehead atoms. The van der Waals surface area contributed by atoms with Crippen LogP contribution in [0.15, 0.2) is 5.11 Å². The second-order valence-corrected chi connectivity index (χ2v) is 4.98. The van der Waals surface area contributed by atoms with Crippen LogP contribution in [0.1, 0.15) is 45.5 Å². The highest BCUT2D eigenvalue weighted by Gasteiger charge is 2.33. The average molecular weight is 281 g/mol. The lowest BCUT2D eigenvalue weighted by Crippen LogP contribution is -2.25. The summed E-state index contributed by atoms with van der Waals surface area (Å²) in [5.41, 5.74) is 8.71. The van der Waals surface area contributed by atoms with Crippen molar-refractivity contribution in [3.63, 3.8) is 0 Å². The Morgan fingerprint density at radius 3 is 2.75 bits per heavy atom. The van der Waals surface area contributed by atoms with E-state index in [1.165, 1.54) is 4.68 Å². The first-order chi connectivity index (χ1) is 9.51. The molecule has 0 saturated heterocycles. The summed E-state index contributed by atoms with van der Waals surface area (Å²) in [6.07, 6.45) is 1.18. The van der Waals surface area contributed by atoms with Gasteiger partial charge in [0.1, 0.15) is 6.04 Å². The normalized spacial score (nSPS) is 13.8. The van der Waals surface area contributed by atoms with E-state index in [1.54, 1.807) is 0 Å². The highest BCUT2D eigenvalue weighted by atomic mass is 16.4. The summed E-state index contributed by atoms with van der Waals surface area (Å²) in [7, 11) is 0. The maximum Gasteiger partial charge on any atom is 0.307 e. The summed E-state index contributed by atoms with van der Waals surface area (Å²) in [6.45, 7) is 6.33. The Labute approximate surface area is 116 Å². The number of hydrogen-bond donors (Lipinski definition) is 1.